The lowest BCUT2D eigenvalue weighted by atomic mass is 10.2. The quantitative estimate of drug-likeness (QED) is 0.859. The molecule has 0 bridgehead atoms. The monoisotopic (exact) mass is 283 g/mol. The Balaban J connectivity index is 0.00000180. The molecule has 1 fully saturated rings. The smallest absolute Gasteiger partial charge is 0.237 e. The zero-order valence-electron chi connectivity index (χ0n) is 11.3. The molecule has 1 atom stereocenters. The fourth-order valence-corrected chi connectivity index (χ4v) is 2.19. The fourth-order valence-electron chi connectivity index (χ4n) is 2.19. The first kappa shape index (κ1) is 15.8. The van der Waals surface area contributed by atoms with E-state index in [9.17, 15) is 4.79 Å². The van der Waals surface area contributed by atoms with E-state index in [-0.39, 0.29) is 24.4 Å². The van der Waals surface area contributed by atoms with Gasteiger partial charge in [0.1, 0.15) is 0 Å². The van der Waals surface area contributed by atoms with Crippen LogP contribution in [0.25, 0.3) is 0 Å². The lowest BCUT2D eigenvalue weighted by Crippen LogP contribution is -2.43. The van der Waals surface area contributed by atoms with E-state index < -0.39 is 0 Å². The number of benzene rings is 1. The van der Waals surface area contributed by atoms with E-state index in [0.29, 0.717) is 6.54 Å². The number of hydrogen-bond donors (Lipinski definition) is 2. The summed E-state index contributed by atoms with van der Waals surface area (Å²) in [5, 5.41) is 6.18. The molecule has 0 spiro atoms. The van der Waals surface area contributed by atoms with Gasteiger partial charge in [-0.15, -0.1) is 12.4 Å². The predicted molar refractivity (Wildman–Crippen MR) is 81.0 cm³/mol. The Kier molecular flexibility index (Phi) is 6.67. The number of hydrogen-bond acceptors (Lipinski definition) is 3. The first-order valence-corrected chi connectivity index (χ1v) is 6.54. The van der Waals surface area contributed by atoms with Crippen molar-refractivity contribution >= 4 is 24.0 Å². The molecule has 1 aliphatic heterocycles. The Hall–Kier alpha value is -1.26. The molecule has 1 heterocycles. The molecule has 1 aromatic carbocycles. The van der Waals surface area contributed by atoms with E-state index in [4.69, 9.17) is 0 Å². The summed E-state index contributed by atoms with van der Waals surface area (Å²) in [6, 6.07) is 10.2. The third-order valence-corrected chi connectivity index (χ3v) is 3.32. The largest absolute Gasteiger partial charge is 0.373 e. The van der Waals surface area contributed by atoms with Crippen LogP contribution in [0.1, 0.15) is 12.8 Å². The molecule has 1 saturated heterocycles. The molecular formula is C14H22ClN3O. The Morgan fingerprint density at radius 1 is 1.42 bits per heavy atom. The first-order chi connectivity index (χ1) is 8.77. The lowest BCUT2D eigenvalue weighted by molar-refractivity contribution is -0.122. The highest BCUT2D eigenvalue weighted by Crippen LogP contribution is 2.09. The molecule has 19 heavy (non-hydrogen) atoms. The van der Waals surface area contributed by atoms with Crippen LogP contribution in [0.5, 0.6) is 0 Å². The third-order valence-electron chi connectivity index (χ3n) is 3.32. The zero-order chi connectivity index (χ0) is 12.8. The van der Waals surface area contributed by atoms with Crippen LogP contribution in [-0.4, -0.2) is 38.6 Å². The second-order valence-electron chi connectivity index (χ2n) is 4.70. The number of carbonyl (C=O) groups excluding carboxylic acids is 1. The summed E-state index contributed by atoms with van der Waals surface area (Å²) < 4.78 is 0. The Morgan fingerprint density at radius 3 is 2.79 bits per heavy atom. The summed E-state index contributed by atoms with van der Waals surface area (Å²) in [5.41, 5.74) is 1.17. The molecule has 4 nitrogen and oxygen atoms in total. The van der Waals surface area contributed by atoms with E-state index >= 15 is 0 Å². The molecule has 0 aliphatic carbocycles. The minimum absolute atomic E-state index is 0. The molecule has 1 aliphatic rings. The fraction of sp³-hybridized carbons (Fsp3) is 0.500. The van der Waals surface area contributed by atoms with Crippen molar-refractivity contribution in [2.45, 2.75) is 18.9 Å². The summed E-state index contributed by atoms with van der Waals surface area (Å²) in [6.45, 7) is 2.47. The van der Waals surface area contributed by atoms with Crippen molar-refractivity contribution in [1.29, 1.82) is 0 Å². The highest BCUT2D eigenvalue weighted by atomic mass is 35.5. The molecule has 1 unspecified atom stereocenters. The lowest BCUT2D eigenvalue weighted by Gasteiger charge is -2.20. The summed E-state index contributed by atoms with van der Waals surface area (Å²) in [7, 11) is 2.04. The molecule has 1 amide bonds. The summed E-state index contributed by atoms with van der Waals surface area (Å²) in [5.74, 6) is 0.133. The van der Waals surface area contributed by atoms with Crippen molar-refractivity contribution < 1.29 is 4.79 Å². The Bertz CT molecular complexity index is 380. The number of carbonyl (C=O) groups is 1. The summed E-state index contributed by atoms with van der Waals surface area (Å²) in [6.07, 6.45) is 2.06. The zero-order valence-corrected chi connectivity index (χ0v) is 12.1. The van der Waals surface area contributed by atoms with Gasteiger partial charge in [0.2, 0.25) is 5.91 Å². The van der Waals surface area contributed by atoms with Gasteiger partial charge in [-0.1, -0.05) is 18.2 Å². The Morgan fingerprint density at radius 2 is 2.16 bits per heavy atom. The highest BCUT2D eigenvalue weighted by molar-refractivity contribution is 5.85. The standard InChI is InChI=1S/C14H21N3O.ClH/c1-17(12-6-3-2-4-7-12)11-10-16-14(18)13-8-5-9-15-13;/h2-4,6-7,13,15H,5,8-11H2,1H3,(H,16,18);1H. The second-order valence-corrected chi connectivity index (χ2v) is 4.70. The maximum absolute atomic E-state index is 11.8. The number of para-hydroxylation sites is 1. The molecule has 1 aromatic rings. The van der Waals surface area contributed by atoms with Crippen LogP contribution in [-0.2, 0) is 4.79 Å². The van der Waals surface area contributed by atoms with Crippen molar-refractivity contribution in [3.63, 3.8) is 0 Å². The number of halogens is 1. The van der Waals surface area contributed by atoms with E-state index in [1.54, 1.807) is 0 Å². The van der Waals surface area contributed by atoms with Gasteiger partial charge in [-0.05, 0) is 31.5 Å². The van der Waals surface area contributed by atoms with Crippen LogP contribution >= 0.6 is 12.4 Å². The minimum atomic E-state index is 0. The van der Waals surface area contributed by atoms with Gasteiger partial charge >= 0.3 is 0 Å². The molecule has 5 heteroatoms. The normalized spacial score (nSPS) is 17.6. The molecule has 0 radical (unpaired) electrons. The van der Waals surface area contributed by atoms with Crippen LogP contribution < -0.4 is 15.5 Å². The van der Waals surface area contributed by atoms with E-state index in [0.717, 1.165) is 25.9 Å². The number of nitrogens with one attached hydrogen (secondary N) is 2. The van der Waals surface area contributed by atoms with Crippen molar-refractivity contribution in [2.24, 2.45) is 0 Å². The van der Waals surface area contributed by atoms with Crippen LogP contribution in [0.2, 0.25) is 0 Å². The maximum atomic E-state index is 11.8. The van der Waals surface area contributed by atoms with Gasteiger partial charge in [0, 0.05) is 25.8 Å². The first-order valence-electron chi connectivity index (χ1n) is 6.54. The van der Waals surface area contributed by atoms with Gasteiger partial charge in [-0.2, -0.15) is 0 Å². The maximum Gasteiger partial charge on any atom is 0.237 e. The van der Waals surface area contributed by atoms with Crippen molar-refractivity contribution in [3.05, 3.63) is 30.3 Å². The van der Waals surface area contributed by atoms with Crippen molar-refractivity contribution in [2.75, 3.05) is 31.6 Å². The van der Waals surface area contributed by atoms with Crippen molar-refractivity contribution in [3.8, 4) is 0 Å². The third kappa shape index (κ3) is 4.73. The molecule has 2 rings (SSSR count). The van der Waals surface area contributed by atoms with Crippen LogP contribution in [0.3, 0.4) is 0 Å². The topological polar surface area (TPSA) is 44.4 Å². The second kappa shape index (κ2) is 8.02. The van der Waals surface area contributed by atoms with Gasteiger partial charge < -0.3 is 15.5 Å². The highest BCUT2D eigenvalue weighted by Gasteiger charge is 2.21. The summed E-state index contributed by atoms with van der Waals surface area (Å²) in [4.78, 5) is 13.9. The molecule has 2 N–H and O–H groups in total. The molecule has 106 valence electrons. The van der Waals surface area contributed by atoms with E-state index in [1.807, 2.05) is 25.2 Å². The number of anilines is 1. The van der Waals surface area contributed by atoms with Gasteiger partial charge in [-0.3, -0.25) is 4.79 Å². The average molecular weight is 284 g/mol. The molecular weight excluding hydrogens is 262 g/mol. The van der Waals surface area contributed by atoms with Gasteiger partial charge in [0.15, 0.2) is 0 Å². The predicted octanol–water partition coefficient (Wildman–Crippen LogP) is 1.41. The minimum Gasteiger partial charge on any atom is -0.373 e. The SMILES string of the molecule is CN(CCNC(=O)C1CCCN1)c1ccccc1.Cl. The van der Waals surface area contributed by atoms with Crippen molar-refractivity contribution in [1.82, 2.24) is 10.6 Å². The van der Waals surface area contributed by atoms with E-state index in [1.165, 1.54) is 5.69 Å². The van der Waals surface area contributed by atoms with Gasteiger partial charge in [0.05, 0.1) is 6.04 Å². The van der Waals surface area contributed by atoms with Crippen LogP contribution in [0.4, 0.5) is 5.69 Å². The Labute approximate surface area is 121 Å². The van der Waals surface area contributed by atoms with Crippen LogP contribution in [0, 0.1) is 0 Å². The molecule has 0 saturated carbocycles. The number of rotatable bonds is 5. The van der Waals surface area contributed by atoms with Gasteiger partial charge in [0.25, 0.3) is 0 Å². The number of nitrogens with zero attached hydrogens (tertiary/aromatic N) is 1. The molecule has 0 aromatic heterocycles. The average Bonchev–Trinajstić information content (AvgIpc) is 2.93. The number of amides is 1. The van der Waals surface area contributed by atoms with E-state index in [2.05, 4.69) is 27.7 Å². The summed E-state index contributed by atoms with van der Waals surface area (Å²) >= 11 is 0. The van der Waals surface area contributed by atoms with Gasteiger partial charge in [-0.25, -0.2) is 0 Å². The van der Waals surface area contributed by atoms with Crippen LogP contribution in [0.15, 0.2) is 30.3 Å². The number of likely N-dealkylation sites (N-methyl/N-ethyl adjacent to an activating group) is 1.